The van der Waals surface area contributed by atoms with E-state index < -0.39 is 0 Å². The molecule has 1 aliphatic heterocycles. The van der Waals surface area contributed by atoms with Crippen LogP contribution in [-0.2, 0) is 17.8 Å². The van der Waals surface area contributed by atoms with Crippen molar-refractivity contribution in [1.82, 2.24) is 15.1 Å². The van der Waals surface area contributed by atoms with Crippen LogP contribution in [0.1, 0.15) is 32.3 Å². The first kappa shape index (κ1) is 11.6. The van der Waals surface area contributed by atoms with Gasteiger partial charge >= 0.3 is 0 Å². The summed E-state index contributed by atoms with van der Waals surface area (Å²) >= 11 is 0. The molecule has 0 aliphatic carbocycles. The van der Waals surface area contributed by atoms with Crippen LogP contribution in [0.15, 0.2) is 12.4 Å². The molecule has 90 valence electrons. The second kappa shape index (κ2) is 4.97. The van der Waals surface area contributed by atoms with Crippen LogP contribution in [0, 0.1) is 0 Å². The summed E-state index contributed by atoms with van der Waals surface area (Å²) in [4.78, 5) is 0. The van der Waals surface area contributed by atoms with Crippen molar-refractivity contribution in [2.75, 3.05) is 13.2 Å². The van der Waals surface area contributed by atoms with Gasteiger partial charge in [-0.3, -0.25) is 4.68 Å². The van der Waals surface area contributed by atoms with E-state index in [-0.39, 0.29) is 5.54 Å². The average molecular weight is 223 g/mol. The average Bonchev–Trinajstić information content (AvgIpc) is 2.86. The molecule has 4 nitrogen and oxygen atoms in total. The SMILES string of the molecule is CCCn1cc(CNC2(C)CCOC2)cn1. The van der Waals surface area contributed by atoms with Crippen LogP contribution in [-0.4, -0.2) is 28.5 Å². The molecule has 1 saturated heterocycles. The van der Waals surface area contributed by atoms with Crippen molar-refractivity contribution in [2.45, 2.75) is 45.3 Å². The number of aromatic nitrogens is 2. The molecule has 1 aromatic heterocycles. The summed E-state index contributed by atoms with van der Waals surface area (Å²) in [6.07, 6.45) is 6.29. The van der Waals surface area contributed by atoms with Crippen molar-refractivity contribution >= 4 is 0 Å². The Balaban J connectivity index is 1.84. The molecule has 0 amide bonds. The van der Waals surface area contributed by atoms with E-state index in [4.69, 9.17) is 4.74 Å². The van der Waals surface area contributed by atoms with Crippen molar-refractivity contribution in [3.8, 4) is 0 Å². The van der Waals surface area contributed by atoms with Gasteiger partial charge in [-0.05, 0) is 19.8 Å². The van der Waals surface area contributed by atoms with Crippen molar-refractivity contribution in [3.63, 3.8) is 0 Å². The molecule has 0 spiro atoms. The van der Waals surface area contributed by atoms with E-state index in [9.17, 15) is 0 Å². The lowest BCUT2D eigenvalue weighted by molar-refractivity contribution is 0.171. The van der Waals surface area contributed by atoms with Crippen molar-refractivity contribution in [1.29, 1.82) is 0 Å². The zero-order valence-corrected chi connectivity index (χ0v) is 10.2. The first-order valence-corrected chi connectivity index (χ1v) is 6.06. The van der Waals surface area contributed by atoms with E-state index >= 15 is 0 Å². The molecule has 1 unspecified atom stereocenters. The first-order valence-electron chi connectivity index (χ1n) is 6.06. The van der Waals surface area contributed by atoms with E-state index in [2.05, 4.69) is 30.5 Å². The highest BCUT2D eigenvalue weighted by Gasteiger charge is 2.28. The Kier molecular flexibility index (Phi) is 3.61. The summed E-state index contributed by atoms with van der Waals surface area (Å²) in [6.45, 7) is 7.95. The maximum Gasteiger partial charge on any atom is 0.0646 e. The summed E-state index contributed by atoms with van der Waals surface area (Å²) in [5.74, 6) is 0. The second-order valence-electron chi connectivity index (χ2n) is 4.83. The smallest absolute Gasteiger partial charge is 0.0646 e. The lowest BCUT2D eigenvalue weighted by atomic mass is 10.0. The molecule has 1 aromatic rings. The van der Waals surface area contributed by atoms with E-state index in [1.807, 2.05) is 10.9 Å². The molecule has 1 atom stereocenters. The lowest BCUT2D eigenvalue weighted by Crippen LogP contribution is -2.42. The molecular weight excluding hydrogens is 202 g/mol. The first-order chi connectivity index (χ1) is 7.72. The largest absolute Gasteiger partial charge is 0.379 e. The third kappa shape index (κ3) is 2.83. The van der Waals surface area contributed by atoms with Crippen molar-refractivity contribution in [3.05, 3.63) is 18.0 Å². The van der Waals surface area contributed by atoms with Gasteiger partial charge in [-0.2, -0.15) is 5.10 Å². The van der Waals surface area contributed by atoms with Crippen LogP contribution < -0.4 is 5.32 Å². The van der Waals surface area contributed by atoms with Gasteiger partial charge in [0, 0.05) is 37.0 Å². The fraction of sp³-hybridized carbons (Fsp3) is 0.750. The maximum absolute atomic E-state index is 5.41. The highest BCUT2D eigenvalue weighted by atomic mass is 16.5. The molecule has 4 heteroatoms. The second-order valence-corrected chi connectivity index (χ2v) is 4.83. The Hall–Kier alpha value is -0.870. The van der Waals surface area contributed by atoms with Crippen LogP contribution >= 0.6 is 0 Å². The van der Waals surface area contributed by atoms with Gasteiger partial charge in [-0.15, -0.1) is 0 Å². The minimum absolute atomic E-state index is 0.146. The maximum atomic E-state index is 5.41. The number of rotatable bonds is 5. The van der Waals surface area contributed by atoms with Gasteiger partial charge < -0.3 is 10.1 Å². The molecular formula is C12H21N3O. The van der Waals surface area contributed by atoms with Gasteiger partial charge in [0.15, 0.2) is 0 Å². The van der Waals surface area contributed by atoms with Crippen molar-refractivity contribution in [2.24, 2.45) is 0 Å². The Bertz CT molecular complexity index is 329. The molecule has 1 fully saturated rings. The number of nitrogens with zero attached hydrogens (tertiary/aromatic N) is 2. The minimum atomic E-state index is 0.146. The lowest BCUT2D eigenvalue weighted by Gasteiger charge is -2.23. The van der Waals surface area contributed by atoms with Crippen LogP contribution in [0.2, 0.25) is 0 Å². The molecule has 0 saturated carbocycles. The summed E-state index contributed by atoms with van der Waals surface area (Å²) in [5, 5.41) is 7.87. The Morgan fingerprint density at radius 2 is 2.50 bits per heavy atom. The summed E-state index contributed by atoms with van der Waals surface area (Å²) in [7, 11) is 0. The number of nitrogens with one attached hydrogen (secondary N) is 1. The fourth-order valence-corrected chi connectivity index (χ4v) is 1.97. The standard InChI is InChI=1S/C12H21N3O/c1-3-5-15-9-11(8-14-15)7-13-12(2)4-6-16-10-12/h8-9,13H,3-7,10H2,1-2H3. The Morgan fingerprint density at radius 1 is 1.62 bits per heavy atom. The highest BCUT2D eigenvalue weighted by Crippen LogP contribution is 2.18. The third-order valence-corrected chi connectivity index (χ3v) is 3.08. The van der Waals surface area contributed by atoms with E-state index in [0.29, 0.717) is 0 Å². The van der Waals surface area contributed by atoms with Gasteiger partial charge in [0.2, 0.25) is 0 Å². The van der Waals surface area contributed by atoms with Gasteiger partial charge in [0.25, 0.3) is 0 Å². The molecule has 0 aromatic carbocycles. The zero-order valence-electron chi connectivity index (χ0n) is 10.2. The number of hydrogen-bond donors (Lipinski definition) is 1. The topological polar surface area (TPSA) is 39.1 Å². The number of hydrogen-bond acceptors (Lipinski definition) is 3. The van der Waals surface area contributed by atoms with E-state index in [1.54, 1.807) is 0 Å². The van der Waals surface area contributed by atoms with Crippen LogP contribution in [0.4, 0.5) is 0 Å². The van der Waals surface area contributed by atoms with E-state index in [0.717, 1.165) is 39.1 Å². The van der Waals surface area contributed by atoms with Crippen LogP contribution in [0.3, 0.4) is 0 Å². The fourth-order valence-electron chi connectivity index (χ4n) is 1.97. The summed E-state index contributed by atoms with van der Waals surface area (Å²) < 4.78 is 7.41. The predicted octanol–water partition coefficient (Wildman–Crippen LogP) is 1.56. The molecule has 1 N–H and O–H groups in total. The van der Waals surface area contributed by atoms with E-state index in [1.165, 1.54) is 5.56 Å². The van der Waals surface area contributed by atoms with Crippen molar-refractivity contribution < 1.29 is 4.74 Å². The molecule has 2 rings (SSSR count). The highest BCUT2D eigenvalue weighted by molar-refractivity contribution is 5.04. The Labute approximate surface area is 97.0 Å². The van der Waals surface area contributed by atoms with Gasteiger partial charge in [0.1, 0.15) is 0 Å². The molecule has 0 radical (unpaired) electrons. The van der Waals surface area contributed by atoms with Gasteiger partial charge in [-0.1, -0.05) is 6.92 Å². The number of aryl methyl sites for hydroxylation is 1. The summed E-state index contributed by atoms with van der Waals surface area (Å²) in [6, 6.07) is 0. The minimum Gasteiger partial charge on any atom is -0.379 e. The normalized spacial score (nSPS) is 25.1. The molecule has 16 heavy (non-hydrogen) atoms. The monoisotopic (exact) mass is 223 g/mol. The summed E-state index contributed by atoms with van der Waals surface area (Å²) in [5.41, 5.74) is 1.40. The van der Waals surface area contributed by atoms with Gasteiger partial charge in [0.05, 0.1) is 12.8 Å². The predicted molar refractivity (Wildman–Crippen MR) is 63.2 cm³/mol. The zero-order chi connectivity index (χ0) is 11.4. The third-order valence-electron chi connectivity index (χ3n) is 3.08. The molecule has 0 bridgehead atoms. The quantitative estimate of drug-likeness (QED) is 0.823. The van der Waals surface area contributed by atoms with Crippen LogP contribution in [0.25, 0.3) is 0 Å². The number of ether oxygens (including phenoxy) is 1. The Morgan fingerprint density at radius 3 is 3.19 bits per heavy atom. The van der Waals surface area contributed by atoms with Gasteiger partial charge in [-0.25, -0.2) is 0 Å². The molecule has 1 aliphatic rings. The van der Waals surface area contributed by atoms with Crippen LogP contribution in [0.5, 0.6) is 0 Å². The molecule has 2 heterocycles.